The lowest BCUT2D eigenvalue weighted by molar-refractivity contribution is 0.547. The van der Waals surface area contributed by atoms with Crippen molar-refractivity contribution in [1.82, 2.24) is 24.3 Å². The van der Waals surface area contributed by atoms with Crippen molar-refractivity contribution in [3.05, 3.63) is 45.3 Å². The van der Waals surface area contributed by atoms with Gasteiger partial charge in [-0.1, -0.05) is 6.92 Å². The van der Waals surface area contributed by atoms with Crippen LogP contribution in [0.4, 0.5) is 0 Å². The molecule has 90 valence electrons. The largest absolute Gasteiger partial charge is 0.328 e. The van der Waals surface area contributed by atoms with Crippen LogP contribution in [0.2, 0.25) is 0 Å². The molecule has 0 aliphatic rings. The van der Waals surface area contributed by atoms with E-state index in [-0.39, 0.29) is 0 Å². The number of aromatic amines is 1. The molecular formula is C10H13N5O2. The monoisotopic (exact) mass is 235 g/mol. The van der Waals surface area contributed by atoms with Gasteiger partial charge in [-0.25, -0.2) is 14.5 Å². The Labute approximate surface area is 96.7 Å². The van der Waals surface area contributed by atoms with E-state index in [1.807, 2.05) is 6.92 Å². The minimum Gasteiger partial charge on any atom is -0.293 e. The second kappa shape index (κ2) is 4.77. The maximum atomic E-state index is 11.5. The molecule has 2 heterocycles. The van der Waals surface area contributed by atoms with Crippen LogP contribution in [0.15, 0.2) is 28.2 Å². The Morgan fingerprint density at radius 1 is 1.41 bits per heavy atom. The minimum absolute atomic E-state index is 0.301. The second-order valence-corrected chi connectivity index (χ2v) is 3.64. The van der Waals surface area contributed by atoms with E-state index in [1.165, 1.54) is 23.2 Å². The Balaban J connectivity index is 2.28. The SMILES string of the molecule is CCCn1ncnc1Cn1ccc(=O)[nH]c1=O. The molecule has 0 unspecified atom stereocenters. The molecule has 0 aliphatic carbocycles. The highest BCUT2D eigenvalue weighted by Gasteiger charge is 2.05. The number of nitrogens with zero attached hydrogens (tertiary/aromatic N) is 4. The zero-order chi connectivity index (χ0) is 12.3. The summed E-state index contributed by atoms with van der Waals surface area (Å²) < 4.78 is 3.13. The maximum Gasteiger partial charge on any atom is 0.328 e. The van der Waals surface area contributed by atoms with Gasteiger partial charge in [0.1, 0.15) is 12.2 Å². The lowest BCUT2D eigenvalue weighted by Gasteiger charge is -2.05. The average Bonchev–Trinajstić information content (AvgIpc) is 2.71. The molecule has 2 aromatic rings. The summed E-state index contributed by atoms with van der Waals surface area (Å²) in [6.45, 7) is 3.10. The van der Waals surface area contributed by atoms with E-state index in [9.17, 15) is 9.59 Å². The fourth-order valence-corrected chi connectivity index (χ4v) is 1.53. The van der Waals surface area contributed by atoms with Crippen molar-refractivity contribution in [2.24, 2.45) is 0 Å². The molecule has 2 rings (SSSR count). The molecule has 0 saturated heterocycles. The molecular weight excluding hydrogens is 222 g/mol. The molecule has 7 nitrogen and oxygen atoms in total. The normalized spacial score (nSPS) is 10.6. The van der Waals surface area contributed by atoms with Gasteiger partial charge in [-0.2, -0.15) is 5.10 Å². The van der Waals surface area contributed by atoms with Gasteiger partial charge in [-0.15, -0.1) is 0 Å². The van der Waals surface area contributed by atoms with Gasteiger partial charge in [0, 0.05) is 18.8 Å². The zero-order valence-corrected chi connectivity index (χ0v) is 9.46. The summed E-state index contributed by atoms with van der Waals surface area (Å²) in [7, 11) is 0. The predicted molar refractivity (Wildman–Crippen MR) is 60.7 cm³/mol. The molecule has 0 bridgehead atoms. The zero-order valence-electron chi connectivity index (χ0n) is 9.46. The van der Waals surface area contributed by atoms with Crippen LogP contribution in [0, 0.1) is 0 Å². The van der Waals surface area contributed by atoms with E-state index >= 15 is 0 Å². The van der Waals surface area contributed by atoms with Crippen LogP contribution in [0.1, 0.15) is 19.2 Å². The Kier molecular flexibility index (Phi) is 3.17. The molecule has 0 aromatic carbocycles. The summed E-state index contributed by atoms with van der Waals surface area (Å²) in [4.78, 5) is 28.7. The molecule has 0 radical (unpaired) electrons. The van der Waals surface area contributed by atoms with Crippen LogP contribution >= 0.6 is 0 Å². The van der Waals surface area contributed by atoms with Crippen molar-refractivity contribution in [1.29, 1.82) is 0 Å². The third kappa shape index (κ3) is 2.49. The number of aromatic nitrogens is 5. The molecule has 0 aliphatic heterocycles. The first-order valence-electron chi connectivity index (χ1n) is 5.37. The van der Waals surface area contributed by atoms with Crippen molar-refractivity contribution in [3.8, 4) is 0 Å². The predicted octanol–water partition coefficient (Wildman–Crippen LogP) is -0.414. The number of hydrogen-bond donors (Lipinski definition) is 1. The van der Waals surface area contributed by atoms with Gasteiger partial charge in [-0.05, 0) is 6.42 Å². The number of hydrogen-bond acceptors (Lipinski definition) is 4. The van der Waals surface area contributed by atoms with Crippen LogP contribution < -0.4 is 11.2 Å². The van der Waals surface area contributed by atoms with E-state index in [0.717, 1.165) is 13.0 Å². The molecule has 0 atom stereocenters. The van der Waals surface area contributed by atoms with E-state index in [4.69, 9.17) is 0 Å². The molecule has 17 heavy (non-hydrogen) atoms. The smallest absolute Gasteiger partial charge is 0.293 e. The van der Waals surface area contributed by atoms with Crippen LogP contribution in [0.3, 0.4) is 0 Å². The van der Waals surface area contributed by atoms with E-state index in [1.54, 1.807) is 4.68 Å². The molecule has 0 spiro atoms. The molecule has 1 N–H and O–H groups in total. The first kappa shape index (κ1) is 11.3. The van der Waals surface area contributed by atoms with Crippen molar-refractivity contribution < 1.29 is 0 Å². The summed E-state index contributed by atoms with van der Waals surface area (Å²) in [6.07, 6.45) is 3.85. The van der Waals surface area contributed by atoms with Gasteiger partial charge in [-0.3, -0.25) is 14.3 Å². The number of rotatable bonds is 4. The molecule has 2 aromatic heterocycles. The molecule has 7 heteroatoms. The highest BCUT2D eigenvalue weighted by atomic mass is 16.2. The van der Waals surface area contributed by atoms with E-state index in [0.29, 0.717) is 12.4 Å². The van der Waals surface area contributed by atoms with Gasteiger partial charge in [0.15, 0.2) is 0 Å². The van der Waals surface area contributed by atoms with Crippen LogP contribution in [-0.4, -0.2) is 24.3 Å². The lowest BCUT2D eigenvalue weighted by atomic mass is 10.4. The van der Waals surface area contributed by atoms with E-state index < -0.39 is 11.2 Å². The quantitative estimate of drug-likeness (QED) is 0.780. The van der Waals surface area contributed by atoms with E-state index in [2.05, 4.69) is 15.1 Å². The Bertz CT molecular complexity index is 609. The number of nitrogens with one attached hydrogen (secondary N) is 1. The lowest BCUT2D eigenvalue weighted by Crippen LogP contribution is -2.29. The summed E-state index contributed by atoms with van der Waals surface area (Å²) >= 11 is 0. The highest BCUT2D eigenvalue weighted by Crippen LogP contribution is 1.97. The summed E-state index contributed by atoms with van der Waals surface area (Å²) in [6, 6.07) is 1.31. The van der Waals surface area contributed by atoms with Crippen LogP contribution in [0.25, 0.3) is 0 Å². The van der Waals surface area contributed by atoms with Crippen molar-refractivity contribution in [3.63, 3.8) is 0 Å². The van der Waals surface area contributed by atoms with Gasteiger partial charge < -0.3 is 0 Å². The fourth-order valence-electron chi connectivity index (χ4n) is 1.53. The van der Waals surface area contributed by atoms with Gasteiger partial charge in [0.05, 0.1) is 6.54 Å². The van der Waals surface area contributed by atoms with Gasteiger partial charge in [0.25, 0.3) is 5.56 Å². The average molecular weight is 235 g/mol. The first-order chi connectivity index (χ1) is 8.20. The fraction of sp³-hybridized carbons (Fsp3) is 0.400. The topological polar surface area (TPSA) is 85.6 Å². The second-order valence-electron chi connectivity index (χ2n) is 3.64. The minimum atomic E-state index is -0.441. The molecule has 0 saturated carbocycles. The molecule has 0 amide bonds. The Hall–Kier alpha value is -2.18. The number of H-pyrrole nitrogens is 1. The summed E-state index contributed by atoms with van der Waals surface area (Å²) in [5.41, 5.74) is -0.843. The van der Waals surface area contributed by atoms with Gasteiger partial charge >= 0.3 is 5.69 Å². The van der Waals surface area contributed by atoms with Crippen molar-refractivity contribution >= 4 is 0 Å². The summed E-state index contributed by atoms with van der Waals surface area (Å²) in [5.74, 6) is 0.695. The third-order valence-electron chi connectivity index (χ3n) is 2.34. The van der Waals surface area contributed by atoms with Crippen molar-refractivity contribution in [2.75, 3.05) is 0 Å². The Morgan fingerprint density at radius 2 is 2.24 bits per heavy atom. The van der Waals surface area contributed by atoms with Crippen molar-refractivity contribution in [2.45, 2.75) is 26.4 Å². The first-order valence-corrected chi connectivity index (χ1v) is 5.37. The van der Waals surface area contributed by atoms with Gasteiger partial charge in [0.2, 0.25) is 0 Å². The highest BCUT2D eigenvalue weighted by molar-refractivity contribution is 4.90. The Morgan fingerprint density at radius 3 is 2.94 bits per heavy atom. The third-order valence-corrected chi connectivity index (χ3v) is 2.34. The standard InChI is InChI=1S/C10H13N5O2/c1-2-4-15-8(11-7-12-15)6-14-5-3-9(16)13-10(14)17/h3,5,7H,2,4,6H2,1H3,(H,13,16,17). The molecule has 0 fully saturated rings. The van der Waals surface area contributed by atoms with Crippen LogP contribution in [-0.2, 0) is 13.1 Å². The number of aryl methyl sites for hydroxylation is 1. The van der Waals surface area contributed by atoms with Crippen LogP contribution in [0.5, 0.6) is 0 Å². The summed E-state index contributed by atoms with van der Waals surface area (Å²) in [5, 5.41) is 4.07. The maximum absolute atomic E-state index is 11.5.